The van der Waals surface area contributed by atoms with E-state index in [2.05, 4.69) is 24.2 Å². The van der Waals surface area contributed by atoms with E-state index in [0.717, 1.165) is 13.1 Å². The normalized spacial score (nSPS) is 21.9. The van der Waals surface area contributed by atoms with E-state index in [1.54, 1.807) is 12.1 Å². The molecular formula is C14H22N2O. The van der Waals surface area contributed by atoms with Crippen molar-refractivity contribution in [3.05, 3.63) is 29.8 Å². The number of nitrogens with zero attached hydrogens (tertiary/aromatic N) is 1. The highest BCUT2D eigenvalue weighted by Gasteiger charge is 2.19. The molecule has 1 aliphatic rings. The van der Waals surface area contributed by atoms with E-state index in [1.165, 1.54) is 18.4 Å². The Bertz CT molecular complexity index is 344. The summed E-state index contributed by atoms with van der Waals surface area (Å²) in [6.07, 6.45) is 2.58. The number of hydrogen-bond acceptors (Lipinski definition) is 3. The first kappa shape index (κ1) is 12.4. The minimum atomic E-state index is 0.334. The predicted octanol–water partition coefficient (Wildman–Crippen LogP) is 2.14. The van der Waals surface area contributed by atoms with E-state index in [-0.39, 0.29) is 0 Å². The summed E-state index contributed by atoms with van der Waals surface area (Å²) in [5.41, 5.74) is 1.25. The van der Waals surface area contributed by atoms with Gasteiger partial charge in [0.25, 0.3) is 0 Å². The van der Waals surface area contributed by atoms with Crippen LogP contribution in [0.5, 0.6) is 5.75 Å². The minimum absolute atomic E-state index is 0.334. The van der Waals surface area contributed by atoms with E-state index in [1.807, 2.05) is 12.1 Å². The second-order valence-electron chi connectivity index (χ2n) is 5.00. The van der Waals surface area contributed by atoms with Gasteiger partial charge in [0.1, 0.15) is 5.75 Å². The zero-order valence-corrected chi connectivity index (χ0v) is 10.7. The average Bonchev–Trinajstić information content (AvgIpc) is 2.82. The summed E-state index contributed by atoms with van der Waals surface area (Å²) >= 11 is 0. The Morgan fingerprint density at radius 3 is 2.71 bits per heavy atom. The van der Waals surface area contributed by atoms with Crippen molar-refractivity contribution in [1.29, 1.82) is 0 Å². The van der Waals surface area contributed by atoms with Crippen molar-refractivity contribution in [2.75, 3.05) is 20.1 Å². The summed E-state index contributed by atoms with van der Waals surface area (Å²) < 4.78 is 0. The van der Waals surface area contributed by atoms with Gasteiger partial charge in [-0.25, -0.2) is 0 Å². The van der Waals surface area contributed by atoms with Gasteiger partial charge in [0.15, 0.2) is 0 Å². The van der Waals surface area contributed by atoms with Gasteiger partial charge in [0.05, 0.1) is 0 Å². The third-order valence-electron chi connectivity index (χ3n) is 3.71. The number of aromatic hydroxyl groups is 1. The van der Waals surface area contributed by atoms with Crippen LogP contribution < -0.4 is 5.32 Å². The van der Waals surface area contributed by atoms with Crippen LogP contribution in [0, 0.1) is 0 Å². The zero-order chi connectivity index (χ0) is 12.3. The smallest absolute Gasteiger partial charge is 0.115 e. The third kappa shape index (κ3) is 3.20. The minimum Gasteiger partial charge on any atom is -0.508 e. The van der Waals surface area contributed by atoms with E-state index < -0.39 is 0 Å². The molecular weight excluding hydrogens is 212 g/mol. The van der Waals surface area contributed by atoms with Gasteiger partial charge in [0, 0.05) is 18.6 Å². The highest BCUT2D eigenvalue weighted by molar-refractivity contribution is 5.27. The van der Waals surface area contributed by atoms with Crippen LogP contribution in [-0.4, -0.2) is 36.2 Å². The van der Waals surface area contributed by atoms with Crippen LogP contribution in [-0.2, 0) is 0 Å². The molecule has 1 saturated heterocycles. The number of hydrogen-bond donors (Lipinski definition) is 2. The van der Waals surface area contributed by atoms with Crippen LogP contribution in [0.2, 0.25) is 0 Å². The Balaban J connectivity index is 1.93. The highest BCUT2D eigenvalue weighted by atomic mass is 16.3. The molecule has 94 valence electrons. The van der Waals surface area contributed by atoms with E-state index in [4.69, 9.17) is 0 Å². The van der Waals surface area contributed by atoms with Crippen molar-refractivity contribution in [1.82, 2.24) is 10.2 Å². The molecule has 0 amide bonds. The van der Waals surface area contributed by atoms with Gasteiger partial charge in [-0.05, 0) is 51.1 Å². The van der Waals surface area contributed by atoms with Gasteiger partial charge in [0.2, 0.25) is 0 Å². The molecule has 3 heteroatoms. The van der Waals surface area contributed by atoms with Crippen LogP contribution in [0.4, 0.5) is 0 Å². The van der Waals surface area contributed by atoms with Crippen LogP contribution in [0.1, 0.15) is 31.4 Å². The van der Waals surface area contributed by atoms with Crippen LogP contribution in [0.15, 0.2) is 24.3 Å². The maximum atomic E-state index is 9.28. The Hall–Kier alpha value is -1.06. The van der Waals surface area contributed by atoms with Crippen molar-refractivity contribution in [3.63, 3.8) is 0 Å². The molecule has 1 heterocycles. The molecule has 2 rings (SSSR count). The summed E-state index contributed by atoms with van der Waals surface area (Å²) in [6.45, 7) is 4.45. The van der Waals surface area contributed by atoms with Crippen molar-refractivity contribution >= 4 is 0 Å². The average molecular weight is 234 g/mol. The first-order valence-corrected chi connectivity index (χ1v) is 6.39. The van der Waals surface area contributed by atoms with Crippen molar-refractivity contribution in [3.8, 4) is 5.75 Å². The lowest BCUT2D eigenvalue weighted by molar-refractivity contribution is 0.238. The van der Waals surface area contributed by atoms with E-state index in [9.17, 15) is 5.11 Å². The SMILES string of the molecule is CC(c1ccc(O)cc1)N(C)CC1CCCN1. The van der Waals surface area contributed by atoms with Gasteiger partial charge in [-0.15, -0.1) is 0 Å². The molecule has 1 aromatic rings. The summed E-state index contributed by atoms with van der Waals surface area (Å²) in [4.78, 5) is 2.37. The molecule has 1 fully saturated rings. The fourth-order valence-corrected chi connectivity index (χ4v) is 2.43. The van der Waals surface area contributed by atoms with Crippen LogP contribution >= 0.6 is 0 Å². The molecule has 2 unspecified atom stereocenters. The van der Waals surface area contributed by atoms with Crippen LogP contribution in [0.3, 0.4) is 0 Å². The molecule has 0 radical (unpaired) electrons. The number of nitrogens with one attached hydrogen (secondary N) is 1. The van der Waals surface area contributed by atoms with E-state index >= 15 is 0 Å². The largest absolute Gasteiger partial charge is 0.508 e. The van der Waals surface area contributed by atoms with Gasteiger partial charge in [-0.3, -0.25) is 4.90 Å². The standard InChI is InChI=1S/C14H22N2O/c1-11(12-5-7-14(17)8-6-12)16(2)10-13-4-3-9-15-13/h5-8,11,13,15,17H,3-4,9-10H2,1-2H3. The Morgan fingerprint density at radius 2 is 2.12 bits per heavy atom. The molecule has 0 aliphatic carbocycles. The molecule has 1 aliphatic heterocycles. The molecule has 2 atom stereocenters. The molecule has 0 aromatic heterocycles. The number of likely N-dealkylation sites (N-methyl/N-ethyl adjacent to an activating group) is 1. The molecule has 2 N–H and O–H groups in total. The molecule has 0 spiro atoms. The first-order valence-electron chi connectivity index (χ1n) is 6.39. The summed E-state index contributed by atoms with van der Waals surface area (Å²) in [5.74, 6) is 0.334. The lowest BCUT2D eigenvalue weighted by atomic mass is 10.1. The van der Waals surface area contributed by atoms with Gasteiger partial charge in [-0.1, -0.05) is 12.1 Å². The maximum absolute atomic E-state index is 9.28. The lowest BCUT2D eigenvalue weighted by Gasteiger charge is -2.27. The third-order valence-corrected chi connectivity index (χ3v) is 3.71. The number of rotatable bonds is 4. The van der Waals surface area contributed by atoms with Gasteiger partial charge >= 0.3 is 0 Å². The predicted molar refractivity (Wildman–Crippen MR) is 70.2 cm³/mol. The second-order valence-corrected chi connectivity index (χ2v) is 5.00. The van der Waals surface area contributed by atoms with Gasteiger partial charge in [-0.2, -0.15) is 0 Å². The van der Waals surface area contributed by atoms with E-state index in [0.29, 0.717) is 17.8 Å². The van der Waals surface area contributed by atoms with Gasteiger partial charge < -0.3 is 10.4 Å². The molecule has 17 heavy (non-hydrogen) atoms. The number of phenolic OH excluding ortho intramolecular Hbond substituents is 1. The Kier molecular flexibility index (Phi) is 4.02. The van der Waals surface area contributed by atoms with Crippen LogP contribution in [0.25, 0.3) is 0 Å². The number of phenols is 1. The second kappa shape index (κ2) is 5.52. The lowest BCUT2D eigenvalue weighted by Crippen LogP contribution is -2.36. The fourth-order valence-electron chi connectivity index (χ4n) is 2.43. The van der Waals surface area contributed by atoms with Crippen molar-refractivity contribution in [2.45, 2.75) is 31.8 Å². The summed E-state index contributed by atoms with van der Waals surface area (Å²) in [6, 6.07) is 8.54. The summed E-state index contributed by atoms with van der Waals surface area (Å²) in [7, 11) is 2.16. The maximum Gasteiger partial charge on any atom is 0.115 e. The Labute approximate surface area is 103 Å². The fraction of sp³-hybridized carbons (Fsp3) is 0.571. The molecule has 3 nitrogen and oxygen atoms in total. The zero-order valence-electron chi connectivity index (χ0n) is 10.7. The highest BCUT2D eigenvalue weighted by Crippen LogP contribution is 2.22. The topological polar surface area (TPSA) is 35.5 Å². The summed E-state index contributed by atoms with van der Waals surface area (Å²) in [5, 5.41) is 12.8. The Morgan fingerprint density at radius 1 is 1.41 bits per heavy atom. The monoisotopic (exact) mass is 234 g/mol. The van der Waals surface area contributed by atoms with Crippen molar-refractivity contribution in [2.24, 2.45) is 0 Å². The molecule has 0 saturated carbocycles. The van der Waals surface area contributed by atoms with Crippen molar-refractivity contribution < 1.29 is 5.11 Å². The first-order chi connectivity index (χ1) is 8.16. The molecule has 0 bridgehead atoms. The number of benzene rings is 1. The quantitative estimate of drug-likeness (QED) is 0.838. The molecule has 1 aromatic carbocycles.